The number of aromatic nitrogens is 4. The maximum absolute atomic E-state index is 12.8. The topological polar surface area (TPSA) is 86.6 Å². The van der Waals surface area contributed by atoms with Gasteiger partial charge in [-0.25, -0.2) is 18.3 Å². The van der Waals surface area contributed by atoms with Gasteiger partial charge in [0.1, 0.15) is 12.3 Å². The van der Waals surface area contributed by atoms with Crippen molar-refractivity contribution in [2.45, 2.75) is 59.2 Å². The van der Waals surface area contributed by atoms with Crippen molar-refractivity contribution in [2.24, 2.45) is 0 Å². The third-order valence-electron chi connectivity index (χ3n) is 8.80. The maximum atomic E-state index is 12.8. The van der Waals surface area contributed by atoms with Gasteiger partial charge in [0.05, 0.1) is 26.4 Å². The summed E-state index contributed by atoms with van der Waals surface area (Å²) in [7, 11) is -48.8. The average molecular weight is 1420 g/mol. The Kier molecular flexibility index (Phi) is 23.2. The Morgan fingerprint density at radius 1 is 0.354 bits per heavy atom. The quantitative estimate of drug-likeness (QED) is 0.0315. The first-order valence-electron chi connectivity index (χ1n) is 22.6. The molecular weight excluding hydrogens is 1370 g/mol. The standard InChI is InChI=1S/C41H53BrN4O6P2.4F6P/c1-5-49-53(47,50-6-2)27-25-43-17-9-38(10-18-43)40-13-21-45(22-14-40)33-36-29-35(32-42)30-37(31-36)34-46-23-15-41(16-24-46)39-11-19-44(20-12-39)26-28-54(48,51-7-3)52-8-4;4*1-7(2,3,4,5)6/h9-24,29-31H,5-8,25-28,32-34H2,1-4H3;;;;/q+4;4*-1. The zero-order chi connectivity index (χ0) is 64.0. The van der Waals surface area contributed by atoms with Gasteiger partial charge < -0.3 is 18.1 Å². The summed E-state index contributed by atoms with van der Waals surface area (Å²) in [5.74, 6) is 0. The van der Waals surface area contributed by atoms with E-state index in [2.05, 4.69) is 117 Å². The number of pyridine rings is 4. The summed E-state index contributed by atoms with van der Waals surface area (Å²) in [6.07, 6.45) is 17.2. The molecule has 5 rings (SSSR count). The van der Waals surface area contributed by atoms with Crippen molar-refractivity contribution in [2.75, 3.05) is 38.8 Å². The van der Waals surface area contributed by atoms with Gasteiger partial charge in [0.2, 0.25) is 0 Å². The van der Waals surface area contributed by atoms with Gasteiger partial charge >= 0.3 is 147 Å². The molecule has 0 amide bonds. The molecule has 4 aromatic heterocycles. The second-order valence-electron chi connectivity index (χ2n) is 16.6. The molecule has 0 atom stereocenters. The molecule has 0 spiro atoms. The van der Waals surface area contributed by atoms with Gasteiger partial charge in [-0.3, -0.25) is 9.13 Å². The molecule has 5 aromatic rings. The Morgan fingerprint density at radius 2 is 0.537 bits per heavy atom. The van der Waals surface area contributed by atoms with Crippen molar-refractivity contribution in [1.29, 1.82) is 0 Å². The Labute approximate surface area is 460 Å². The third kappa shape index (κ3) is 49.0. The van der Waals surface area contributed by atoms with E-state index in [1.165, 1.54) is 16.7 Å². The number of hydrogen-bond acceptors (Lipinski definition) is 6. The fourth-order valence-electron chi connectivity index (χ4n) is 6.22. The van der Waals surface area contributed by atoms with Crippen LogP contribution in [0.2, 0.25) is 0 Å². The molecule has 0 saturated heterocycles. The van der Waals surface area contributed by atoms with Gasteiger partial charge in [-0.05, 0) is 73.7 Å². The molecule has 10 nitrogen and oxygen atoms in total. The molecule has 0 saturated carbocycles. The van der Waals surface area contributed by atoms with Crippen molar-refractivity contribution in [3.8, 4) is 22.3 Å². The predicted octanol–water partition coefficient (Wildman–Crippen LogP) is 21.2. The van der Waals surface area contributed by atoms with Gasteiger partial charge in [0.25, 0.3) is 0 Å². The van der Waals surface area contributed by atoms with E-state index in [4.69, 9.17) is 18.1 Å². The van der Waals surface area contributed by atoms with Crippen LogP contribution in [0.5, 0.6) is 0 Å². The van der Waals surface area contributed by atoms with Crippen LogP contribution in [-0.4, -0.2) is 38.8 Å². The van der Waals surface area contributed by atoms with Crippen LogP contribution in [0.4, 0.5) is 101 Å². The van der Waals surface area contributed by atoms with Gasteiger partial charge in [-0.2, -0.15) is 0 Å². The van der Waals surface area contributed by atoms with E-state index in [-0.39, 0.29) is 0 Å². The van der Waals surface area contributed by atoms with E-state index in [1.807, 2.05) is 61.6 Å². The van der Waals surface area contributed by atoms with E-state index >= 15 is 0 Å². The first-order valence-corrected chi connectivity index (χ1v) is 35.3. The number of halogens is 25. The molecule has 0 N–H and O–H groups in total. The fraction of sp³-hybridized carbons (Fsp3) is 0.366. The zero-order valence-electron chi connectivity index (χ0n) is 42.6. The monoisotopic (exact) mass is 1420 g/mol. The number of benzene rings is 1. The summed E-state index contributed by atoms with van der Waals surface area (Å²) in [5, 5.41) is 0.784. The second kappa shape index (κ2) is 24.8. The van der Waals surface area contributed by atoms with Crippen LogP contribution in [0.25, 0.3) is 22.3 Å². The van der Waals surface area contributed by atoms with Gasteiger partial charge in [0.15, 0.2) is 75.8 Å². The summed E-state index contributed by atoms with van der Waals surface area (Å²) in [4.78, 5) is 0. The molecule has 478 valence electrons. The molecule has 0 fully saturated rings. The fourth-order valence-corrected chi connectivity index (χ4v) is 9.74. The molecule has 41 heteroatoms. The SMILES string of the molecule is CCOP(=O)(CC[n+]1ccc(-c2cc[n+](Cc3cc(CBr)cc(C[n+]4ccc(-c5cc[n+](CCP(=O)(OCC)OCC)cc5)cc4)c3)cc2)cc1)OCC.F[P-](F)(F)(F)(F)F.F[P-](F)(F)(F)(F)F.F[P-](F)(F)(F)(F)F.F[P-](F)(F)(F)(F)F. The second-order valence-corrected chi connectivity index (χ2v) is 29.2. The predicted molar refractivity (Wildman–Crippen MR) is 268 cm³/mol. The molecular formula is C41H53BrF24N4O6P6. The van der Waals surface area contributed by atoms with E-state index in [1.54, 1.807) is 0 Å². The van der Waals surface area contributed by atoms with Gasteiger partial charge in [-0.1, -0.05) is 15.9 Å². The molecule has 0 aliphatic heterocycles. The summed E-state index contributed by atoms with van der Waals surface area (Å²) in [6, 6.07) is 23.7. The van der Waals surface area contributed by atoms with Crippen molar-refractivity contribution in [1.82, 2.24) is 0 Å². The summed E-state index contributed by atoms with van der Waals surface area (Å²) >= 11 is 3.67. The minimum absolute atomic E-state index is 0.335. The molecule has 0 bridgehead atoms. The van der Waals surface area contributed by atoms with Crippen LogP contribution in [0, 0.1) is 0 Å². The van der Waals surface area contributed by atoms with Gasteiger partial charge in [-0.15, -0.1) is 0 Å². The minimum atomic E-state index is -10.7. The molecule has 1 aromatic carbocycles. The molecule has 0 unspecified atom stereocenters. The number of hydrogen-bond donors (Lipinski definition) is 0. The Morgan fingerprint density at radius 3 is 0.720 bits per heavy atom. The van der Waals surface area contributed by atoms with E-state index in [0.29, 0.717) is 51.8 Å². The van der Waals surface area contributed by atoms with Crippen LogP contribution in [-0.2, 0) is 58.7 Å². The molecule has 0 aliphatic carbocycles. The van der Waals surface area contributed by atoms with Crippen LogP contribution >= 0.6 is 62.4 Å². The van der Waals surface area contributed by atoms with Crippen molar-refractivity contribution < 1.29 is 146 Å². The normalized spacial score (nSPS) is 15.8. The van der Waals surface area contributed by atoms with Crippen LogP contribution in [0.15, 0.2) is 116 Å². The molecule has 4 heterocycles. The third-order valence-corrected chi connectivity index (χ3v) is 13.5. The number of aryl methyl sites for hydroxylation is 2. The first-order chi connectivity index (χ1) is 36.0. The zero-order valence-corrected chi connectivity index (χ0v) is 49.6. The summed E-state index contributed by atoms with van der Waals surface area (Å²) in [5.41, 5.74) is 8.21. The van der Waals surface area contributed by atoms with Crippen molar-refractivity contribution in [3.05, 3.63) is 133 Å². The average Bonchev–Trinajstić information content (AvgIpc) is 3.25. The molecule has 0 radical (unpaired) electrons. The Balaban J connectivity index is 0.000000980. The Hall–Kier alpha value is -3.36. The Bertz CT molecular complexity index is 2650. The van der Waals surface area contributed by atoms with Crippen LogP contribution < -0.4 is 18.3 Å². The van der Waals surface area contributed by atoms with Crippen molar-refractivity contribution >= 4 is 62.4 Å². The van der Waals surface area contributed by atoms with E-state index in [9.17, 15) is 110 Å². The van der Waals surface area contributed by atoms with Gasteiger partial charge in [0, 0.05) is 65.0 Å². The molecule has 0 aliphatic rings. The molecule has 82 heavy (non-hydrogen) atoms. The van der Waals surface area contributed by atoms with E-state index in [0.717, 1.165) is 40.7 Å². The number of alkyl halides is 1. The first kappa shape index (κ1) is 76.7. The number of rotatable bonds is 21. The summed E-state index contributed by atoms with van der Waals surface area (Å²) in [6.45, 7) is 11.4. The van der Waals surface area contributed by atoms with Crippen LogP contribution in [0.3, 0.4) is 0 Å². The van der Waals surface area contributed by atoms with Crippen molar-refractivity contribution in [3.63, 3.8) is 0 Å². The number of nitrogens with zero attached hydrogens (tertiary/aromatic N) is 4. The van der Waals surface area contributed by atoms with E-state index < -0.39 is 46.4 Å². The summed E-state index contributed by atoms with van der Waals surface area (Å²) < 4.78 is 293. The van der Waals surface area contributed by atoms with Crippen LogP contribution in [0.1, 0.15) is 44.4 Å².